The molecule has 0 amide bonds. The SMILES string of the molecule is C\C=C/C(C)=C\C=C\c1cc(C(C)(O)CCCOC(=O)OC2CCCCC2)nn1-c1ccc(OC)cc1. The number of hydrogen-bond donors (Lipinski definition) is 1. The molecule has 1 aliphatic carbocycles. The van der Waals surface area contributed by atoms with Gasteiger partial charge in [0.2, 0.25) is 0 Å². The van der Waals surface area contributed by atoms with Crippen molar-refractivity contribution in [1.82, 2.24) is 9.78 Å². The van der Waals surface area contributed by atoms with Crippen LogP contribution in [0.15, 0.2) is 60.2 Å². The molecule has 0 spiro atoms. The van der Waals surface area contributed by atoms with Gasteiger partial charge in [0.25, 0.3) is 0 Å². The van der Waals surface area contributed by atoms with Crippen molar-refractivity contribution in [2.75, 3.05) is 13.7 Å². The molecule has 1 fully saturated rings. The first-order chi connectivity index (χ1) is 17.8. The van der Waals surface area contributed by atoms with Gasteiger partial charge in [-0.1, -0.05) is 36.3 Å². The molecule has 1 atom stereocenters. The number of carbonyl (C=O) groups excluding carboxylic acids is 1. The van der Waals surface area contributed by atoms with Crippen molar-refractivity contribution in [1.29, 1.82) is 0 Å². The van der Waals surface area contributed by atoms with Gasteiger partial charge in [-0.15, -0.1) is 0 Å². The third kappa shape index (κ3) is 8.64. The number of aromatic nitrogens is 2. The molecule has 1 saturated carbocycles. The van der Waals surface area contributed by atoms with Gasteiger partial charge in [-0.25, -0.2) is 9.48 Å². The van der Waals surface area contributed by atoms with E-state index in [0.717, 1.165) is 48.4 Å². The zero-order chi connectivity index (χ0) is 26.7. The van der Waals surface area contributed by atoms with Gasteiger partial charge in [-0.2, -0.15) is 5.10 Å². The predicted molar refractivity (Wildman–Crippen MR) is 146 cm³/mol. The molecule has 7 heteroatoms. The average Bonchev–Trinajstić information content (AvgIpc) is 3.33. The van der Waals surface area contributed by atoms with E-state index in [9.17, 15) is 9.90 Å². The molecule has 1 aliphatic rings. The molecule has 0 radical (unpaired) electrons. The molecule has 7 nitrogen and oxygen atoms in total. The maximum atomic E-state index is 12.0. The van der Waals surface area contributed by atoms with Crippen LogP contribution in [0.1, 0.15) is 77.1 Å². The molecule has 1 heterocycles. The zero-order valence-corrected chi connectivity index (χ0v) is 22.5. The van der Waals surface area contributed by atoms with Crippen molar-refractivity contribution >= 4 is 12.2 Å². The summed E-state index contributed by atoms with van der Waals surface area (Å²) in [5.74, 6) is 0.757. The summed E-state index contributed by atoms with van der Waals surface area (Å²) in [4.78, 5) is 12.0. The van der Waals surface area contributed by atoms with Gasteiger partial charge in [-0.3, -0.25) is 0 Å². The molecule has 200 valence electrons. The lowest BCUT2D eigenvalue weighted by atomic mass is 9.96. The Morgan fingerprint density at radius 3 is 2.62 bits per heavy atom. The largest absolute Gasteiger partial charge is 0.508 e. The number of hydrogen-bond acceptors (Lipinski definition) is 6. The van der Waals surface area contributed by atoms with Crippen LogP contribution in [0.25, 0.3) is 11.8 Å². The summed E-state index contributed by atoms with van der Waals surface area (Å²) >= 11 is 0. The Morgan fingerprint density at radius 2 is 1.95 bits per heavy atom. The average molecular weight is 509 g/mol. The number of allylic oxidation sites excluding steroid dienone is 5. The Bertz CT molecular complexity index is 1090. The summed E-state index contributed by atoms with van der Waals surface area (Å²) < 4.78 is 17.7. The summed E-state index contributed by atoms with van der Waals surface area (Å²) in [7, 11) is 1.63. The van der Waals surface area contributed by atoms with Crippen molar-refractivity contribution in [2.45, 2.75) is 77.4 Å². The fourth-order valence-corrected chi connectivity index (χ4v) is 4.38. The molecule has 1 N–H and O–H groups in total. The van der Waals surface area contributed by atoms with Crippen molar-refractivity contribution in [3.63, 3.8) is 0 Å². The van der Waals surface area contributed by atoms with Gasteiger partial charge < -0.3 is 19.3 Å². The van der Waals surface area contributed by atoms with E-state index in [1.165, 1.54) is 6.42 Å². The molecule has 0 aliphatic heterocycles. The van der Waals surface area contributed by atoms with Crippen molar-refractivity contribution in [3.05, 3.63) is 71.6 Å². The van der Waals surface area contributed by atoms with Gasteiger partial charge in [0.15, 0.2) is 0 Å². The minimum absolute atomic E-state index is 0.0330. The number of methoxy groups -OCH3 is 1. The maximum absolute atomic E-state index is 12.0. The highest BCUT2D eigenvalue weighted by Gasteiger charge is 2.27. The third-order valence-corrected chi connectivity index (χ3v) is 6.50. The number of rotatable bonds is 11. The normalized spacial score (nSPS) is 16.7. The van der Waals surface area contributed by atoms with Crippen LogP contribution < -0.4 is 4.74 Å². The topological polar surface area (TPSA) is 82.8 Å². The van der Waals surface area contributed by atoms with Crippen molar-refractivity contribution < 1.29 is 24.1 Å². The number of aliphatic hydroxyl groups is 1. The molecule has 2 aromatic rings. The van der Waals surface area contributed by atoms with Crippen LogP contribution in [0.4, 0.5) is 4.79 Å². The molecular weight excluding hydrogens is 468 g/mol. The minimum atomic E-state index is -1.20. The van der Waals surface area contributed by atoms with E-state index >= 15 is 0 Å². The van der Waals surface area contributed by atoms with Crippen LogP contribution in [0.3, 0.4) is 0 Å². The van der Waals surface area contributed by atoms with Crippen LogP contribution in [-0.2, 0) is 15.1 Å². The molecular formula is C30H40N2O5. The Hall–Kier alpha value is -3.32. The fourth-order valence-electron chi connectivity index (χ4n) is 4.38. The van der Waals surface area contributed by atoms with Gasteiger partial charge in [0.1, 0.15) is 17.5 Å². The number of nitrogens with zero attached hydrogens (tertiary/aromatic N) is 2. The maximum Gasteiger partial charge on any atom is 0.508 e. The molecule has 1 aromatic carbocycles. The first-order valence-corrected chi connectivity index (χ1v) is 13.1. The first-order valence-electron chi connectivity index (χ1n) is 13.1. The van der Waals surface area contributed by atoms with E-state index in [4.69, 9.17) is 19.3 Å². The van der Waals surface area contributed by atoms with Crippen LogP contribution in [0.2, 0.25) is 0 Å². The van der Waals surface area contributed by atoms with Gasteiger partial charge in [-0.05, 0) is 95.7 Å². The summed E-state index contributed by atoms with van der Waals surface area (Å²) in [6.45, 7) is 5.94. The fraction of sp³-hybridized carbons (Fsp3) is 0.467. The Kier molecular flexibility index (Phi) is 10.6. The van der Waals surface area contributed by atoms with Crippen LogP contribution in [0.5, 0.6) is 5.75 Å². The van der Waals surface area contributed by atoms with Gasteiger partial charge in [0.05, 0.1) is 30.8 Å². The Morgan fingerprint density at radius 1 is 1.22 bits per heavy atom. The number of benzene rings is 1. The van der Waals surface area contributed by atoms with E-state index in [0.29, 0.717) is 18.5 Å². The second-order valence-corrected chi connectivity index (χ2v) is 9.69. The van der Waals surface area contributed by atoms with E-state index in [1.807, 2.05) is 74.6 Å². The molecule has 37 heavy (non-hydrogen) atoms. The quantitative estimate of drug-likeness (QED) is 0.202. The van der Waals surface area contributed by atoms with E-state index in [-0.39, 0.29) is 12.7 Å². The first kappa shape index (κ1) is 28.3. The summed E-state index contributed by atoms with van der Waals surface area (Å²) in [5.41, 5.74) is 2.15. The Labute approximate surface area is 220 Å². The molecule has 3 rings (SSSR count). The lowest BCUT2D eigenvalue weighted by molar-refractivity contribution is 0.00126. The minimum Gasteiger partial charge on any atom is -0.497 e. The van der Waals surface area contributed by atoms with Crippen LogP contribution >= 0.6 is 0 Å². The van der Waals surface area contributed by atoms with Crippen LogP contribution in [-0.4, -0.2) is 40.9 Å². The smallest absolute Gasteiger partial charge is 0.497 e. The highest BCUT2D eigenvalue weighted by molar-refractivity contribution is 5.60. The molecule has 1 unspecified atom stereocenters. The summed E-state index contributed by atoms with van der Waals surface area (Å²) in [5, 5.41) is 16.0. The zero-order valence-electron chi connectivity index (χ0n) is 22.5. The standard InChI is InChI=1S/C30H40N2O5/c1-5-11-23(2)12-9-13-25-22-28(31-32(25)24-16-18-26(35-4)19-17-24)30(3,34)20-10-21-36-29(33)37-27-14-7-6-8-15-27/h5,9,11-13,16-19,22,27,34H,6-8,10,14-15,20-21H2,1-4H3/b11-5-,13-9+,23-12-. The van der Waals surface area contributed by atoms with E-state index in [2.05, 4.69) is 0 Å². The third-order valence-electron chi connectivity index (χ3n) is 6.50. The second-order valence-electron chi connectivity index (χ2n) is 9.69. The van der Waals surface area contributed by atoms with Gasteiger partial charge in [0, 0.05) is 0 Å². The van der Waals surface area contributed by atoms with E-state index < -0.39 is 11.8 Å². The number of ether oxygens (including phenoxy) is 3. The number of carbonyl (C=O) groups is 1. The molecule has 0 saturated heterocycles. The lowest BCUT2D eigenvalue weighted by Gasteiger charge is -2.22. The Balaban J connectivity index is 1.68. The lowest BCUT2D eigenvalue weighted by Crippen LogP contribution is -2.24. The second kappa shape index (κ2) is 13.8. The van der Waals surface area contributed by atoms with Crippen molar-refractivity contribution in [3.8, 4) is 11.4 Å². The van der Waals surface area contributed by atoms with E-state index in [1.54, 1.807) is 18.7 Å². The summed E-state index contributed by atoms with van der Waals surface area (Å²) in [6, 6.07) is 9.49. The monoisotopic (exact) mass is 508 g/mol. The summed E-state index contributed by atoms with van der Waals surface area (Å²) in [6.07, 6.45) is 15.4. The van der Waals surface area contributed by atoms with Crippen LogP contribution in [0, 0.1) is 0 Å². The molecule has 0 bridgehead atoms. The highest BCUT2D eigenvalue weighted by atomic mass is 16.7. The van der Waals surface area contributed by atoms with Gasteiger partial charge >= 0.3 is 6.16 Å². The highest BCUT2D eigenvalue weighted by Crippen LogP contribution is 2.28. The molecule has 1 aromatic heterocycles. The van der Waals surface area contributed by atoms with Crippen molar-refractivity contribution in [2.24, 2.45) is 0 Å². The predicted octanol–water partition coefficient (Wildman–Crippen LogP) is 6.89.